The Morgan fingerprint density at radius 3 is 2.43 bits per heavy atom. The third-order valence-electron chi connectivity index (χ3n) is 4.10. The molecule has 0 saturated carbocycles. The highest BCUT2D eigenvalue weighted by Crippen LogP contribution is 2.17. The number of benzene rings is 2. The number of carbonyl (C=O) groups is 2. The largest absolute Gasteiger partial charge is 0.484 e. The van der Waals surface area contributed by atoms with Crippen LogP contribution in [0.15, 0.2) is 53.3 Å². The van der Waals surface area contributed by atoms with Gasteiger partial charge in [-0.05, 0) is 30.3 Å². The minimum Gasteiger partial charge on any atom is -0.484 e. The van der Waals surface area contributed by atoms with E-state index in [1.807, 2.05) is 0 Å². The summed E-state index contributed by atoms with van der Waals surface area (Å²) in [6.07, 6.45) is 0.0207. The van der Waals surface area contributed by atoms with E-state index in [2.05, 4.69) is 15.5 Å². The maximum atomic E-state index is 12.4. The van der Waals surface area contributed by atoms with Gasteiger partial charge in [-0.25, -0.2) is 5.10 Å². The highest BCUT2D eigenvalue weighted by atomic mass is 16.5. The molecule has 1 heterocycles. The zero-order chi connectivity index (χ0) is 20.1. The van der Waals surface area contributed by atoms with Crippen LogP contribution >= 0.6 is 0 Å². The summed E-state index contributed by atoms with van der Waals surface area (Å²) in [4.78, 5) is 37.2. The van der Waals surface area contributed by atoms with Crippen molar-refractivity contribution in [2.24, 2.45) is 0 Å². The second-order valence-electron chi connectivity index (χ2n) is 6.37. The van der Waals surface area contributed by atoms with E-state index in [0.717, 1.165) is 0 Å². The van der Waals surface area contributed by atoms with Crippen molar-refractivity contribution in [1.29, 1.82) is 0 Å². The lowest BCUT2D eigenvalue weighted by Crippen LogP contribution is -2.27. The van der Waals surface area contributed by atoms with Crippen LogP contribution in [0, 0.1) is 0 Å². The van der Waals surface area contributed by atoms with Gasteiger partial charge in [-0.2, -0.15) is 5.10 Å². The predicted molar refractivity (Wildman–Crippen MR) is 105 cm³/mol. The molecule has 8 nitrogen and oxygen atoms in total. The van der Waals surface area contributed by atoms with Crippen LogP contribution in [0.25, 0.3) is 10.8 Å². The lowest BCUT2D eigenvalue weighted by molar-refractivity contribution is -0.130. The number of aromatic nitrogens is 2. The molecule has 0 atom stereocenters. The summed E-state index contributed by atoms with van der Waals surface area (Å²) in [6, 6.07) is 13.7. The second kappa shape index (κ2) is 8.34. The average molecular weight is 380 g/mol. The van der Waals surface area contributed by atoms with Crippen molar-refractivity contribution in [2.75, 3.05) is 26.0 Å². The van der Waals surface area contributed by atoms with Crippen molar-refractivity contribution in [3.63, 3.8) is 0 Å². The van der Waals surface area contributed by atoms with Crippen LogP contribution < -0.4 is 15.6 Å². The number of ether oxygens (including phenoxy) is 1. The highest BCUT2D eigenvalue weighted by molar-refractivity contribution is 5.95. The molecule has 2 N–H and O–H groups in total. The molecule has 1 aromatic heterocycles. The van der Waals surface area contributed by atoms with Crippen molar-refractivity contribution < 1.29 is 14.3 Å². The number of likely N-dealkylation sites (N-methyl/N-ethyl adjacent to an activating group) is 1. The van der Waals surface area contributed by atoms with E-state index in [-0.39, 0.29) is 30.4 Å². The number of amides is 2. The van der Waals surface area contributed by atoms with Gasteiger partial charge in [0.15, 0.2) is 6.61 Å². The minimum atomic E-state index is -0.289. The first kappa shape index (κ1) is 19.1. The lowest BCUT2D eigenvalue weighted by Gasteiger charge is -2.12. The molecule has 0 aliphatic carbocycles. The number of H-pyrrole nitrogens is 1. The summed E-state index contributed by atoms with van der Waals surface area (Å²) >= 11 is 0. The molecule has 144 valence electrons. The zero-order valence-corrected chi connectivity index (χ0v) is 15.6. The Kier molecular flexibility index (Phi) is 5.69. The molecule has 3 rings (SSSR count). The minimum absolute atomic E-state index is 0.0207. The van der Waals surface area contributed by atoms with E-state index < -0.39 is 0 Å². The Hall–Kier alpha value is -3.68. The van der Waals surface area contributed by atoms with Crippen molar-refractivity contribution in [1.82, 2.24) is 15.1 Å². The number of fused-ring (bicyclic) bond motifs is 1. The van der Waals surface area contributed by atoms with Gasteiger partial charge in [-0.15, -0.1) is 0 Å². The maximum absolute atomic E-state index is 12.4. The second-order valence-corrected chi connectivity index (χ2v) is 6.37. The molecule has 28 heavy (non-hydrogen) atoms. The number of rotatable bonds is 6. The van der Waals surface area contributed by atoms with E-state index in [1.54, 1.807) is 62.6 Å². The molecule has 0 radical (unpaired) electrons. The van der Waals surface area contributed by atoms with E-state index in [0.29, 0.717) is 27.9 Å². The number of anilines is 1. The summed E-state index contributed by atoms with van der Waals surface area (Å²) in [5.41, 5.74) is 0.794. The van der Waals surface area contributed by atoms with E-state index in [9.17, 15) is 14.4 Å². The molecular weight excluding hydrogens is 360 g/mol. The number of aromatic amines is 1. The smallest absolute Gasteiger partial charge is 0.272 e. The molecule has 2 aromatic carbocycles. The van der Waals surface area contributed by atoms with Gasteiger partial charge in [0.2, 0.25) is 5.91 Å². The van der Waals surface area contributed by atoms with Crippen LogP contribution in [-0.4, -0.2) is 47.6 Å². The summed E-state index contributed by atoms with van der Waals surface area (Å²) in [5, 5.41) is 10.3. The molecule has 3 aromatic rings. The topological polar surface area (TPSA) is 104 Å². The molecule has 2 amide bonds. The van der Waals surface area contributed by atoms with Crippen molar-refractivity contribution in [2.45, 2.75) is 6.42 Å². The van der Waals surface area contributed by atoms with Crippen molar-refractivity contribution in [3.05, 3.63) is 64.6 Å². The summed E-state index contributed by atoms with van der Waals surface area (Å²) in [6.45, 7) is -0.0519. The molecular formula is C20H20N4O4. The number of hydrogen-bond donors (Lipinski definition) is 2. The standard InChI is InChI=1S/C20H20N4O4/c1-24(2)19(26)12-28-14-9-7-13(8-10-14)21-18(25)11-17-15-5-3-4-6-16(15)20(27)23-22-17/h3-10H,11-12H2,1-2H3,(H,21,25)(H,23,27). The molecule has 0 aliphatic rings. The summed E-state index contributed by atoms with van der Waals surface area (Å²) in [7, 11) is 3.31. The molecule has 0 spiro atoms. The first-order valence-corrected chi connectivity index (χ1v) is 8.63. The van der Waals surface area contributed by atoms with Gasteiger partial charge in [-0.3, -0.25) is 14.4 Å². The predicted octanol–water partition coefficient (Wildman–Crippen LogP) is 1.57. The first-order chi connectivity index (χ1) is 13.4. The Morgan fingerprint density at radius 1 is 1.07 bits per heavy atom. The third kappa shape index (κ3) is 4.53. The molecule has 8 heteroatoms. The summed E-state index contributed by atoms with van der Waals surface area (Å²) in [5.74, 6) is 0.126. The van der Waals surface area contributed by atoms with E-state index in [1.165, 1.54) is 4.90 Å². The quantitative estimate of drug-likeness (QED) is 0.675. The van der Waals surface area contributed by atoms with Gasteiger partial charge in [0.05, 0.1) is 17.5 Å². The Balaban J connectivity index is 1.63. The van der Waals surface area contributed by atoms with Crippen LogP contribution in [0.2, 0.25) is 0 Å². The number of carbonyl (C=O) groups excluding carboxylic acids is 2. The van der Waals surface area contributed by atoms with Gasteiger partial charge in [0.1, 0.15) is 5.75 Å². The Morgan fingerprint density at radius 2 is 1.75 bits per heavy atom. The van der Waals surface area contributed by atoms with Gasteiger partial charge in [0, 0.05) is 25.2 Å². The molecule has 0 unspecified atom stereocenters. The fourth-order valence-corrected chi connectivity index (χ4v) is 2.57. The van der Waals surface area contributed by atoms with Crippen LogP contribution in [0.3, 0.4) is 0 Å². The van der Waals surface area contributed by atoms with Crippen LogP contribution in [0.5, 0.6) is 5.75 Å². The first-order valence-electron chi connectivity index (χ1n) is 8.63. The van der Waals surface area contributed by atoms with Crippen molar-refractivity contribution >= 4 is 28.3 Å². The lowest BCUT2D eigenvalue weighted by atomic mass is 10.1. The van der Waals surface area contributed by atoms with Gasteiger partial charge in [-0.1, -0.05) is 18.2 Å². The van der Waals surface area contributed by atoms with Gasteiger partial charge >= 0.3 is 0 Å². The fraction of sp³-hybridized carbons (Fsp3) is 0.200. The average Bonchev–Trinajstić information content (AvgIpc) is 2.69. The normalized spacial score (nSPS) is 10.5. The summed E-state index contributed by atoms with van der Waals surface area (Å²) < 4.78 is 5.40. The highest BCUT2D eigenvalue weighted by Gasteiger charge is 2.11. The Labute approximate surface area is 161 Å². The Bertz CT molecular complexity index is 1060. The number of nitrogens with zero attached hydrogens (tertiary/aromatic N) is 2. The molecule has 0 saturated heterocycles. The van der Waals surface area contributed by atoms with Crippen LogP contribution in [0.4, 0.5) is 5.69 Å². The van der Waals surface area contributed by atoms with Crippen molar-refractivity contribution in [3.8, 4) is 5.75 Å². The van der Waals surface area contributed by atoms with Crippen LogP contribution in [0.1, 0.15) is 5.69 Å². The SMILES string of the molecule is CN(C)C(=O)COc1ccc(NC(=O)Cc2n[nH]c(=O)c3ccccc23)cc1. The fourth-order valence-electron chi connectivity index (χ4n) is 2.57. The third-order valence-corrected chi connectivity index (χ3v) is 4.10. The van der Waals surface area contributed by atoms with E-state index >= 15 is 0 Å². The zero-order valence-electron chi connectivity index (χ0n) is 15.6. The number of nitrogens with one attached hydrogen (secondary N) is 2. The van der Waals surface area contributed by atoms with Crippen LogP contribution in [-0.2, 0) is 16.0 Å². The van der Waals surface area contributed by atoms with E-state index in [4.69, 9.17) is 4.74 Å². The maximum Gasteiger partial charge on any atom is 0.272 e. The number of hydrogen-bond acceptors (Lipinski definition) is 5. The monoisotopic (exact) mass is 380 g/mol. The molecule has 0 aliphatic heterocycles. The van der Waals surface area contributed by atoms with Gasteiger partial charge in [0.25, 0.3) is 11.5 Å². The van der Waals surface area contributed by atoms with Gasteiger partial charge < -0.3 is 15.0 Å². The molecule has 0 fully saturated rings. The molecule has 0 bridgehead atoms.